The molecule has 0 heterocycles. The molecular formula is C29H64NO4P. The van der Waals surface area contributed by atoms with Crippen molar-refractivity contribution in [2.24, 2.45) is 5.73 Å². The fourth-order valence-electron chi connectivity index (χ4n) is 4.19. The average Bonchev–Trinajstić information content (AvgIpc) is 2.77. The second-order valence-electron chi connectivity index (χ2n) is 11.1. The van der Waals surface area contributed by atoms with Gasteiger partial charge in [-0.3, -0.25) is 4.52 Å². The number of rotatable bonds is 25. The molecule has 6 heteroatoms. The lowest BCUT2D eigenvalue weighted by Gasteiger charge is -2.17. The Morgan fingerprint density at radius 1 is 0.571 bits per heavy atom. The number of unbranched alkanes of at least 4 members (excludes halogenated alkanes) is 20. The molecule has 0 saturated heterocycles. The van der Waals surface area contributed by atoms with Gasteiger partial charge >= 0.3 is 7.82 Å². The molecular weight excluding hydrogens is 457 g/mol. The first kappa shape index (κ1) is 37.2. The monoisotopic (exact) mass is 521 g/mol. The highest BCUT2D eigenvalue weighted by atomic mass is 31.2. The highest BCUT2D eigenvalue weighted by Gasteiger charge is 2.12. The molecule has 0 unspecified atom stereocenters. The van der Waals surface area contributed by atoms with E-state index in [0.717, 1.165) is 19.3 Å². The fourth-order valence-corrected chi connectivity index (χ4v) is 4.56. The number of phosphoric acid groups is 1. The summed E-state index contributed by atoms with van der Waals surface area (Å²) < 4.78 is 14.8. The van der Waals surface area contributed by atoms with Crippen LogP contribution in [-0.2, 0) is 9.09 Å². The van der Waals surface area contributed by atoms with Crippen molar-refractivity contribution in [3.8, 4) is 0 Å². The van der Waals surface area contributed by atoms with Crippen LogP contribution in [-0.4, -0.2) is 21.9 Å². The highest BCUT2D eigenvalue weighted by Crippen LogP contribution is 2.35. The summed E-state index contributed by atoms with van der Waals surface area (Å²) in [5, 5.41) is 0. The van der Waals surface area contributed by atoms with Crippen molar-refractivity contribution in [1.82, 2.24) is 0 Å². The van der Waals surface area contributed by atoms with Gasteiger partial charge in [-0.25, -0.2) is 4.57 Å². The highest BCUT2D eigenvalue weighted by molar-refractivity contribution is 7.46. The third-order valence-corrected chi connectivity index (χ3v) is 6.95. The van der Waals surface area contributed by atoms with Crippen LogP contribution in [0.4, 0.5) is 0 Å². The average molecular weight is 522 g/mol. The SMILES string of the molecule is CCCCCCCCCCCC(C)(C)N.CCCCCCCCCCCCCCCOP(=O)(O)O. The summed E-state index contributed by atoms with van der Waals surface area (Å²) in [6.07, 6.45) is 30.1. The Labute approximate surface area is 220 Å². The van der Waals surface area contributed by atoms with Crippen LogP contribution >= 0.6 is 7.82 Å². The largest absolute Gasteiger partial charge is 0.469 e. The van der Waals surface area contributed by atoms with E-state index in [9.17, 15) is 4.57 Å². The predicted octanol–water partition coefficient (Wildman–Crippen LogP) is 9.83. The Morgan fingerprint density at radius 2 is 0.857 bits per heavy atom. The quantitative estimate of drug-likeness (QED) is 0.0821. The van der Waals surface area contributed by atoms with Crippen molar-refractivity contribution in [1.29, 1.82) is 0 Å². The maximum Gasteiger partial charge on any atom is 0.469 e. The Bertz CT molecular complexity index is 448. The van der Waals surface area contributed by atoms with E-state index in [1.165, 1.54) is 128 Å². The smallest absolute Gasteiger partial charge is 0.326 e. The van der Waals surface area contributed by atoms with Crippen LogP contribution in [0, 0.1) is 0 Å². The molecule has 0 spiro atoms. The van der Waals surface area contributed by atoms with Crippen LogP contribution in [0.5, 0.6) is 0 Å². The van der Waals surface area contributed by atoms with E-state index in [0.29, 0.717) is 0 Å². The van der Waals surface area contributed by atoms with Crippen molar-refractivity contribution in [3.05, 3.63) is 0 Å². The van der Waals surface area contributed by atoms with Gasteiger partial charge in [-0.1, -0.05) is 149 Å². The van der Waals surface area contributed by atoms with Gasteiger partial charge in [-0.15, -0.1) is 0 Å². The molecule has 0 radical (unpaired) electrons. The number of phosphoric ester groups is 1. The summed E-state index contributed by atoms with van der Waals surface area (Å²) in [6, 6.07) is 0. The zero-order valence-electron chi connectivity index (χ0n) is 24.2. The molecule has 5 nitrogen and oxygen atoms in total. The lowest BCUT2D eigenvalue weighted by molar-refractivity contribution is 0.193. The van der Waals surface area contributed by atoms with Gasteiger partial charge in [0.2, 0.25) is 0 Å². The number of hydrogen-bond donors (Lipinski definition) is 3. The minimum absolute atomic E-state index is 0.0428. The first-order valence-corrected chi connectivity index (χ1v) is 16.6. The summed E-state index contributed by atoms with van der Waals surface area (Å²) >= 11 is 0. The van der Waals surface area contributed by atoms with E-state index in [4.69, 9.17) is 15.5 Å². The molecule has 0 atom stereocenters. The zero-order valence-corrected chi connectivity index (χ0v) is 25.1. The third kappa shape index (κ3) is 41.5. The van der Waals surface area contributed by atoms with E-state index in [2.05, 4.69) is 32.2 Å². The summed E-state index contributed by atoms with van der Waals surface area (Å²) in [5.74, 6) is 0. The summed E-state index contributed by atoms with van der Waals surface area (Å²) in [4.78, 5) is 17.0. The topological polar surface area (TPSA) is 92.8 Å². The molecule has 0 aliphatic rings. The second-order valence-corrected chi connectivity index (χ2v) is 12.4. The number of nitrogens with two attached hydrogens (primary N) is 1. The van der Waals surface area contributed by atoms with E-state index >= 15 is 0 Å². The van der Waals surface area contributed by atoms with Crippen LogP contribution < -0.4 is 5.73 Å². The molecule has 4 N–H and O–H groups in total. The van der Waals surface area contributed by atoms with Crippen LogP contribution in [0.25, 0.3) is 0 Å². The summed E-state index contributed by atoms with van der Waals surface area (Å²) in [6.45, 7) is 8.93. The molecule has 214 valence electrons. The van der Waals surface area contributed by atoms with Crippen molar-refractivity contribution < 1.29 is 18.9 Å². The fraction of sp³-hybridized carbons (Fsp3) is 1.00. The van der Waals surface area contributed by atoms with Crippen molar-refractivity contribution in [2.75, 3.05) is 6.61 Å². The Hall–Kier alpha value is 0.0700. The van der Waals surface area contributed by atoms with Gasteiger partial charge in [0.25, 0.3) is 0 Å². The van der Waals surface area contributed by atoms with E-state index in [1.807, 2.05) is 0 Å². The van der Waals surface area contributed by atoms with Gasteiger partial charge in [0, 0.05) is 5.54 Å². The normalized spacial score (nSPS) is 12.0. The molecule has 0 fully saturated rings. The van der Waals surface area contributed by atoms with Gasteiger partial charge in [0.05, 0.1) is 6.61 Å². The third-order valence-electron chi connectivity index (χ3n) is 6.43. The Morgan fingerprint density at radius 3 is 1.14 bits per heavy atom. The zero-order chi connectivity index (χ0) is 26.7. The van der Waals surface area contributed by atoms with E-state index in [1.54, 1.807) is 0 Å². The molecule has 0 amide bonds. The minimum atomic E-state index is -4.25. The van der Waals surface area contributed by atoms with Gasteiger partial charge in [-0.05, 0) is 26.7 Å². The second kappa shape index (κ2) is 27.1. The maximum absolute atomic E-state index is 10.4. The molecule has 0 bridgehead atoms. The molecule has 0 aromatic carbocycles. The molecule has 0 saturated carbocycles. The van der Waals surface area contributed by atoms with E-state index < -0.39 is 7.82 Å². The standard InChI is InChI=1S/C15H33O4P.C14H31N/c1-2-3-4-5-6-7-8-9-10-11-12-13-14-15-19-20(16,17)18;1-4-5-6-7-8-9-10-11-12-13-14(2,3)15/h2-15H2,1H3,(H2,16,17,18);4-13,15H2,1-3H3. The molecule has 35 heavy (non-hydrogen) atoms. The molecule has 0 aromatic rings. The number of hydrogen-bond acceptors (Lipinski definition) is 3. The van der Waals surface area contributed by atoms with Gasteiger partial charge in [0.15, 0.2) is 0 Å². The van der Waals surface area contributed by atoms with Crippen LogP contribution in [0.15, 0.2) is 0 Å². The summed E-state index contributed by atoms with van der Waals surface area (Å²) in [7, 11) is -4.25. The lowest BCUT2D eigenvalue weighted by atomic mass is 9.97. The van der Waals surface area contributed by atoms with Gasteiger partial charge in [-0.2, -0.15) is 0 Å². The van der Waals surface area contributed by atoms with E-state index in [-0.39, 0.29) is 12.1 Å². The van der Waals surface area contributed by atoms with Gasteiger partial charge < -0.3 is 15.5 Å². The van der Waals surface area contributed by atoms with Crippen molar-refractivity contribution >= 4 is 7.82 Å². The summed E-state index contributed by atoms with van der Waals surface area (Å²) in [5.41, 5.74) is 5.97. The molecule has 0 aliphatic carbocycles. The first-order chi connectivity index (χ1) is 16.6. The van der Waals surface area contributed by atoms with Crippen molar-refractivity contribution in [2.45, 2.75) is 181 Å². The Balaban J connectivity index is 0. The minimum Gasteiger partial charge on any atom is -0.326 e. The van der Waals surface area contributed by atoms with Crippen LogP contribution in [0.2, 0.25) is 0 Å². The van der Waals surface area contributed by atoms with Gasteiger partial charge in [0.1, 0.15) is 0 Å². The molecule has 0 rings (SSSR count). The van der Waals surface area contributed by atoms with Crippen molar-refractivity contribution in [3.63, 3.8) is 0 Å². The first-order valence-electron chi connectivity index (χ1n) is 15.1. The Kier molecular flexibility index (Phi) is 28.8. The maximum atomic E-state index is 10.4. The lowest BCUT2D eigenvalue weighted by Crippen LogP contribution is -2.31. The molecule has 0 aromatic heterocycles. The van der Waals surface area contributed by atoms with Crippen LogP contribution in [0.3, 0.4) is 0 Å². The van der Waals surface area contributed by atoms with Crippen LogP contribution in [0.1, 0.15) is 175 Å². The molecule has 0 aliphatic heterocycles. The predicted molar refractivity (Wildman–Crippen MR) is 154 cm³/mol.